The van der Waals surface area contributed by atoms with Gasteiger partial charge < -0.3 is 9.55 Å². The Balaban J connectivity index is 1.83. The molecule has 22 heavy (non-hydrogen) atoms. The first-order chi connectivity index (χ1) is 10.5. The van der Waals surface area contributed by atoms with Gasteiger partial charge in [-0.25, -0.2) is 18.4 Å². The summed E-state index contributed by atoms with van der Waals surface area (Å²) in [4.78, 5) is 11.7. The molecule has 3 heterocycles. The number of hydrogen-bond donors (Lipinski definition) is 2. The lowest BCUT2D eigenvalue weighted by Gasteiger charge is -2.10. The lowest BCUT2D eigenvalue weighted by molar-refractivity contribution is 0.586. The SMILES string of the molecule is C=C(CCn1cnc2cnc3[nH]ccc3c21)NS(=O)(=O)CC. The van der Waals surface area contributed by atoms with E-state index in [1.54, 1.807) is 19.4 Å². The number of H-pyrrole nitrogens is 1. The van der Waals surface area contributed by atoms with Gasteiger partial charge in [-0.15, -0.1) is 0 Å². The highest BCUT2D eigenvalue weighted by molar-refractivity contribution is 7.89. The Morgan fingerprint density at radius 1 is 1.45 bits per heavy atom. The molecule has 0 aliphatic heterocycles. The highest BCUT2D eigenvalue weighted by Crippen LogP contribution is 2.22. The van der Waals surface area contributed by atoms with E-state index >= 15 is 0 Å². The molecule has 0 saturated heterocycles. The number of allylic oxidation sites excluding steroid dienone is 1. The van der Waals surface area contributed by atoms with E-state index < -0.39 is 10.0 Å². The number of nitrogens with one attached hydrogen (secondary N) is 2. The molecule has 3 rings (SSSR count). The van der Waals surface area contributed by atoms with Gasteiger partial charge in [0.1, 0.15) is 11.2 Å². The summed E-state index contributed by atoms with van der Waals surface area (Å²) in [6, 6.07) is 1.96. The highest BCUT2D eigenvalue weighted by Gasteiger charge is 2.11. The van der Waals surface area contributed by atoms with Gasteiger partial charge in [-0.1, -0.05) is 6.58 Å². The zero-order chi connectivity index (χ0) is 15.7. The van der Waals surface area contributed by atoms with Crippen LogP contribution in [0.5, 0.6) is 0 Å². The van der Waals surface area contributed by atoms with Crippen LogP contribution >= 0.6 is 0 Å². The summed E-state index contributed by atoms with van der Waals surface area (Å²) in [6.45, 7) is 5.96. The first-order valence-corrected chi connectivity index (χ1v) is 8.60. The molecule has 0 aromatic carbocycles. The molecule has 0 bridgehead atoms. The number of nitrogens with zero attached hydrogens (tertiary/aromatic N) is 3. The third kappa shape index (κ3) is 2.69. The molecule has 0 saturated carbocycles. The lowest BCUT2D eigenvalue weighted by Crippen LogP contribution is -2.24. The normalized spacial score (nSPS) is 12.0. The first-order valence-electron chi connectivity index (χ1n) is 6.95. The largest absolute Gasteiger partial charge is 0.346 e. The van der Waals surface area contributed by atoms with Crippen molar-refractivity contribution in [3.8, 4) is 0 Å². The van der Waals surface area contributed by atoms with Crippen molar-refractivity contribution in [1.82, 2.24) is 24.2 Å². The number of rotatable bonds is 6. The molecule has 0 amide bonds. The third-order valence-electron chi connectivity index (χ3n) is 3.50. The molecule has 0 aliphatic rings. The number of aryl methyl sites for hydroxylation is 1. The van der Waals surface area contributed by atoms with Crippen molar-refractivity contribution in [2.24, 2.45) is 0 Å². The minimum Gasteiger partial charge on any atom is -0.346 e. The second kappa shape index (κ2) is 5.45. The number of hydrogen-bond acceptors (Lipinski definition) is 4. The topological polar surface area (TPSA) is 92.7 Å². The molecule has 0 fully saturated rings. The first kappa shape index (κ1) is 14.6. The summed E-state index contributed by atoms with van der Waals surface area (Å²) in [5.74, 6) is 0.0374. The Morgan fingerprint density at radius 2 is 2.27 bits per heavy atom. The van der Waals surface area contributed by atoms with Gasteiger partial charge in [-0.2, -0.15) is 0 Å². The zero-order valence-corrected chi connectivity index (χ0v) is 13.0. The molecule has 8 heteroatoms. The van der Waals surface area contributed by atoms with E-state index in [2.05, 4.69) is 26.3 Å². The molecule has 2 N–H and O–H groups in total. The third-order valence-corrected chi connectivity index (χ3v) is 4.86. The Kier molecular flexibility index (Phi) is 3.61. The summed E-state index contributed by atoms with van der Waals surface area (Å²) in [7, 11) is -3.27. The number of aromatic nitrogens is 4. The maximum Gasteiger partial charge on any atom is 0.232 e. The van der Waals surface area contributed by atoms with Gasteiger partial charge in [0.05, 0.1) is 23.8 Å². The van der Waals surface area contributed by atoms with Crippen LogP contribution in [0, 0.1) is 0 Å². The van der Waals surface area contributed by atoms with Crippen LogP contribution in [0.25, 0.3) is 22.1 Å². The van der Waals surface area contributed by atoms with Crippen LogP contribution in [0.2, 0.25) is 0 Å². The van der Waals surface area contributed by atoms with Crippen molar-refractivity contribution in [2.45, 2.75) is 19.9 Å². The Labute approximate surface area is 128 Å². The molecule has 7 nitrogen and oxygen atoms in total. The van der Waals surface area contributed by atoms with E-state index in [0.29, 0.717) is 18.7 Å². The molecular weight excluding hydrogens is 302 g/mol. The maximum atomic E-state index is 11.5. The van der Waals surface area contributed by atoms with Crippen molar-refractivity contribution < 1.29 is 8.42 Å². The summed E-state index contributed by atoms with van der Waals surface area (Å²) in [5, 5.41) is 0.995. The molecule has 116 valence electrons. The standard InChI is InChI=1S/C14H17N5O2S/c1-3-22(20,21)18-10(2)5-7-19-9-17-12-8-16-14-11(13(12)19)4-6-15-14/h4,6,8-9,18H,2-3,5,7H2,1H3,(H,15,16). The quantitative estimate of drug-likeness (QED) is 0.724. The van der Waals surface area contributed by atoms with Crippen LogP contribution in [0.4, 0.5) is 0 Å². The molecule has 0 atom stereocenters. The van der Waals surface area contributed by atoms with Crippen LogP contribution in [-0.4, -0.2) is 33.7 Å². The van der Waals surface area contributed by atoms with Crippen molar-refractivity contribution in [2.75, 3.05) is 5.75 Å². The number of aromatic amines is 1. The second-order valence-corrected chi connectivity index (χ2v) is 7.04. The van der Waals surface area contributed by atoms with Gasteiger partial charge in [0.15, 0.2) is 0 Å². The smallest absolute Gasteiger partial charge is 0.232 e. The Hall–Kier alpha value is -2.35. The minimum atomic E-state index is -3.27. The number of pyridine rings is 1. The fourth-order valence-corrected chi connectivity index (χ4v) is 3.02. The van der Waals surface area contributed by atoms with Crippen molar-refractivity contribution in [3.63, 3.8) is 0 Å². The maximum absolute atomic E-state index is 11.5. The molecule has 0 radical (unpaired) electrons. The molecule has 0 aliphatic carbocycles. The molecular formula is C14H17N5O2S. The van der Waals surface area contributed by atoms with Gasteiger partial charge in [-0.05, 0) is 13.0 Å². The summed E-state index contributed by atoms with van der Waals surface area (Å²) in [5.41, 5.74) is 3.08. The molecule has 0 unspecified atom stereocenters. The molecule has 3 aromatic heterocycles. The van der Waals surface area contributed by atoms with E-state index in [1.165, 1.54) is 0 Å². The van der Waals surface area contributed by atoms with Crippen LogP contribution in [0.3, 0.4) is 0 Å². The van der Waals surface area contributed by atoms with Gasteiger partial charge >= 0.3 is 0 Å². The number of fused-ring (bicyclic) bond motifs is 3. The van der Waals surface area contributed by atoms with E-state index in [0.717, 1.165) is 22.1 Å². The average molecular weight is 319 g/mol. The molecule has 3 aromatic rings. The van der Waals surface area contributed by atoms with E-state index in [1.807, 2.05) is 16.8 Å². The highest BCUT2D eigenvalue weighted by atomic mass is 32.2. The predicted molar refractivity (Wildman–Crippen MR) is 85.7 cm³/mol. The molecule has 0 spiro atoms. The van der Waals surface area contributed by atoms with E-state index in [4.69, 9.17) is 0 Å². The van der Waals surface area contributed by atoms with E-state index in [-0.39, 0.29) is 5.75 Å². The van der Waals surface area contributed by atoms with Crippen LogP contribution in [0.15, 0.2) is 37.1 Å². The summed E-state index contributed by atoms with van der Waals surface area (Å²) >= 11 is 0. The monoisotopic (exact) mass is 319 g/mol. The predicted octanol–water partition coefficient (Wildman–Crippen LogP) is 1.76. The lowest BCUT2D eigenvalue weighted by atomic mass is 10.3. The van der Waals surface area contributed by atoms with Crippen LogP contribution in [-0.2, 0) is 16.6 Å². The van der Waals surface area contributed by atoms with Gasteiger partial charge in [-0.3, -0.25) is 4.72 Å². The minimum absolute atomic E-state index is 0.0374. The van der Waals surface area contributed by atoms with Gasteiger partial charge in [0.25, 0.3) is 0 Å². The average Bonchev–Trinajstić information content (AvgIpc) is 3.10. The number of sulfonamides is 1. The zero-order valence-electron chi connectivity index (χ0n) is 12.2. The van der Waals surface area contributed by atoms with Crippen LogP contribution < -0.4 is 4.72 Å². The van der Waals surface area contributed by atoms with Gasteiger partial charge in [0.2, 0.25) is 10.0 Å². The van der Waals surface area contributed by atoms with Crippen molar-refractivity contribution in [1.29, 1.82) is 0 Å². The summed E-state index contributed by atoms with van der Waals surface area (Å²) < 4.78 is 27.5. The van der Waals surface area contributed by atoms with Gasteiger partial charge in [0, 0.05) is 30.2 Å². The number of imidazole rings is 1. The van der Waals surface area contributed by atoms with Crippen molar-refractivity contribution in [3.05, 3.63) is 37.1 Å². The fourth-order valence-electron chi connectivity index (χ4n) is 2.34. The van der Waals surface area contributed by atoms with Crippen LogP contribution in [0.1, 0.15) is 13.3 Å². The van der Waals surface area contributed by atoms with E-state index in [9.17, 15) is 8.42 Å². The van der Waals surface area contributed by atoms with Crippen molar-refractivity contribution >= 4 is 32.1 Å². The second-order valence-electron chi connectivity index (χ2n) is 5.03. The summed E-state index contributed by atoms with van der Waals surface area (Å²) in [6.07, 6.45) is 5.79. The fraction of sp³-hybridized carbons (Fsp3) is 0.286. The Morgan fingerprint density at radius 3 is 3.05 bits per heavy atom. The Bertz CT molecular complexity index is 939.